The van der Waals surface area contributed by atoms with E-state index >= 15 is 0 Å². The van der Waals surface area contributed by atoms with Crippen LogP contribution in [-0.2, 0) is 30.0 Å². The number of anilines is 2. The van der Waals surface area contributed by atoms with Crippen LogP contribution >= 0.6 is 0 Å². The quantitative estimate of drug-likeness (QED) is 0.0835. The molecule has 0 saturated carbocycles. The fourth-order valence-corrected chi connectivity index (χ4v) is 9.98. The largest absolute Gasteiger partial charge is 0.495 e. The van der Waals surface area contributed by atoms with Crippen molar-refractivity contribution in [3.05, 3.63) is 149 Å². The molecule has 0 aromatic heterocycles. The van der Waals surface area contributed by atoms with E-state index in [-0.39, 0.29) is 17.9 Å². The molecule has 9 rings (SSSR count). The zero-order chi connectivity index (χ0) is 43.2. The van der Waals surface area contributed by atoms with Crippen LogP contribution in [-0.4, -0.2) is 58.6 Å². The molecule has 4 aliphatic rings. The summed E-state index contributed by atoms with van der Waals surface area (Å²) in [5, 5.41) is 1.93. The van der Waals surface area contributed by atoms with E-state index in [0.717, 1.165) is 81.8 Å². The number of carbonyl (C=O) groups excluding carboxylic acids is 2. The van der Waals surface area contributed by atoms with Crippen molar-refractivity contribution in [2.75, 3.05) is 56.4 Å². The van der Waals surface area contributed by atoms with Gasteiger partial charge in [-0.3, -0.25) is 0 Å². The molecule has 1 aliphatic carbocycles. The average Bonchev–Trinajstić information content (AvgIpc) is 3.54. The monoisotopic (exact) mass is 831 g/mol. The lowest BCUT2D eigenvalue weighted by Gasteiger charge is -2.39. The molecule has 1 amide bonds. The molecule has 2 atom stereocenters. The van der Waals surface area contributed by atoms with Gasteiger partial charge in [-0.15, -0.1) is 0 Å². The van der Waals surface area contributed by atoms with Gasteiger partial charge in [0.05, 0.1) is 38.3 Å². The number of primary amides is 1. The third-order valence-electron chi connectivity index (χ3n) is 13.0. The smallest absolute Gasteiger partial charge is 0.409 e. The number of hydrogen-bond donors (Lipinski definition) is 1. The Kier molecular flexibility index (Phi) is 10.8. The summed E-state index contributed by atoms with van der Waals surface area (Å²) in [6, 6.07) is 32.1. The van der Waals surface area contributed by atoms with Crippen molar-refractivity contribution in [1.29, 1.82) is 0 Å². The first-order chi connectivity index (χ1) is 30.0. The summed E-state index contributed by atoms with van der Waals surface area (Å²) in [5.41, 5.74) is 15.1. The number of nitrogens with zero attached hydrogens (tertiary/aromatic N) is 2. The molecule has 5 aromatic carbocycles. The SMILES string of the molecule is C=C(C)C(=O)OCCC1CCCN(c2cc3c4c(c5c(c3cc2OC)OC(c2ccccc2)(c2ccc(N3CCOCC3)cc2)C=C5)C(C)(C)c2ccccc2-4)C1=COC(N)=O. The molecule has 2 saturated heterocycles. The predicted molar refractivity (Wildman–Crippen MR) is 244 cm³/mol. The maximum absolute atomic E-state index is 12.3. The number of benzene rings is 5. The third kappa shape index (κ3) is 7.06. The number of carbonyl (C=O) groups is 2. The second-order valence-electron chi connectivity index (χ2n) is 17.1. The van der Waals surface area contributed by atoms with Gasteiger partial charge < -0.3 is 39.2 Å². The molecular formula is C52H53N3O7. The van der Waals surface area contributed by atoms with Crippen molar-refractivity contribution in [3.63, 3.8) is 0 Å². The first kappa shape index (κ1) is 40.9. The summed E-state index contributed by atoms with van der Waals surface area (Å²) in [6.45, 7) is 13.9. The highest BCUT2D eigenvalue weighted by atomic mass is 16.5. The Bertz CT molecular complexity index is 2630. The highest BCUT2D eigenvalue weighted by Crippen LogP contribution is 2.59. The summed E-state index contributed by atoms with van der Waals surface area (Å²) in [5.74, 6) is 0.857. The fraction of sp³-hybridized carbons (Fsp3) is 0.308. The van der Waals surface area contributed by atoms with Crippen LogP contribution < -0.4 is 25.0 Å². The van der Waals surface area contributed by atoms with Crippen LogP contribution in [0.1, 0.15) is 67.9 Å². The number of esters is 1. The Balaban J connectivity index is 1.23. The van der Waals surface area contributed by atoms with E-state index in [4.69, 9.17) is 29.4 Å². The van der Waals surface area contributed by atoms with Crippen LogP contribution in [0.25, 0.3) is 28.0 Å². The number of rotatable bonds is 10. The average molecular weight is 832 g/mol. The minimum absolute atomic E-state index is 0.107. The maximum atomic E-state index is 12.3. The van der Waals surface area contributed by atoms with E-state index in [0.29, 0.717) is 37.5 Å². The maximum Gasteiger partial charge on any atom is 0.409 e. The summed E-state index contributed by atoms with van der Waals surface area (Å²) in [6.07, 6.45) is 7.17. The number of amides is 1. The summed E-state index contributed by atoms with van der Waals surface area (Å²) in [7, 11) is 1.68. The lowest BCUT2D eigenvalue weighted by atomic mass is 9.76. The topological polar surface area (TPSA) is 113 Å². The van der Waals surface area contributed by atoms with Gasteiger partial charge in [-0.25, -0.2) is 9.59 Å². The molecule has 2 unspecified atom stereocenters. The zero-order valence-electron chi connectivity index (χ0n) is 35.9. The van der Waals surface area contributed by atoms with E-state index in [1.165, 1.54) is 23.0 Å². The van der Waals surface area contributed by atoms with Crippen LogP contribution in [0.4, 0.5) is 16.2 Å². The van der Waals surface area contributed by atoms with Crippen LogP contribution in [0, 0.1) is 5.92 Å². The molecule has 5 aromatic rings. The van der Waals surface area contributed by atoms with E-state index in [1.807, 2.05) is 6.07 Å². The van der Waals surface area contributed by atoms with Gasteiger partial charge in [-0.2, -0.15) is 0 Å². The zero-order valence-corrected chi connectivity index (χ0v) is 35.9. The van der Waals surface area contributed by atoms with E-state index < -0.39 is 17.7 Å². The summed E-state index contributed by atoms with van der Waals surface area (Å²) in [4.78, 5) is 28.9. The minimum atomic E-state index is -0.948. The molecule has 62 heavy (non-hydrogen) atoms. The van der Waals surface area contributed by atoms with Gasteiger partial charge in [0.2, 0.25) is 0 Å². The van der Waals surface area contributed by atoms with Crippen molar-refractivity contribution >= 4 is 40.3 Å². The van der Waals surface area contributed by atoms with Crippen LogP contribution in [0.3, 0.4) is 0 Å². The second-order valence-corrected chi connectivity index (χ2v) is 17.1. The Morgan fingerprint density at radius 3 is 2.39 bits per heavy atom. The van der Waals surface area contributed by atoms with Gasteiger partial charge in [-0.1, -0.05) is 93.2 Å². The van der Waals surface area contributed by atoms with E-state index in [2.05, 4.69) is 127 Å². The normalized spacial score (nSPS) is 20.5. The molecule has 318 valence electrons. The highest BCUT2D eigenvalue weighted by Gasteiger charge is 2.45. The lowest BCUT2D eigenvalue weighted by molar-refractivity contribution is -0.139. The fourth-order valence-electron chi connectivity index (χ4n) is 9.98. The summed E-state index contributed by atoms with van der Waals surface area (Å²) >= 11 is 0. The van der Waals surface area contributed by atoms with Crippen molar-refractivity contribution in [2.45, 2.75) is 51.0 Å². The highest BCUT2D eigenvalue weighted by molar-refractivity contribution is 6.10. The molecule has 3 heterocycles. The number of morpholine rings is 1. The molecule has 2 N–H and O–H groups in total. The molecule has 10 nitrogen and oxygen atoms in total. The first-order valence-electron chi connectivity index (χ1n) is 21.5. The molecule has 0 bridgehead atoms. The number of methoxy groups -OCH3 is 1. The Labute approximate surface area is 363 Å². The van der Waals surface area contributed by atoms with Gasteiger partial charge in [0, 0.05) is 64.3 Å². The number of piperidine rings is 1. The van der Waals surface area contributed by atoms with Gasteiger partial charge in [0.1, 0.15) is 17.8 Å². The second kappa shape index (κ2) is 16.4. The number of fused-ring (bicyclic) bond motifs is 8. The van der Waals surface area contributed by atoms with Crippen molar-refractivity contribution < 1.29 is 33.3 Å². The van der Waals surface area contributed by atoms with E-state index in [9.17, 15) is 9.59 Å². The number of allylic oxidation sites excluding steroid dienone is 1. The van der Waals surface area contributed by atoms with Gasteiger partial charge in [0.15, 0.2) is 5.60 Å². The van der Waals surface area contributed by atoms with Crippen molar-refractivity contribution in [1.82, 2.24) is 0 Å². The minimum Gasteiger partial charge on any atom is -0.495 e. The van der Waals surface area contributed by atoms with Crippen LogP contribution in [0.2, 0.25) is 0 Å². The Morgan fingerprint density at radius 1 is 0.935 bits per heavy atom. The van der Waals surface area contributed by atoms with Crippen molar-refractivity contribution in [3.8, 4) is 22.6 Å². The molecule has 10 heteroatoms. The summed E-state index contributed by atoms with van der Waals surface area (Å²) < 4.78 is 30.5. The number of nitrogens with two attached hydrogens (primary N) is 1. The molecule has 3 aliphatic heterocycles. The molecule has 0 radical (unpaired) electrons. The van der Waals surface area contributed by atoms with E-state index in [1.54, 1.807) is 14.0 Å². The van der Waals surface area contributed by atoms with Gasteiger partial charge >= 0.3 is 12.1 Å². The van der Waals surface area contributed by atoms with Gasteiger partial charge in [0.25, 0.3) is 0 Å². The molecular weight excluding hydrogens is 779 g/mol. The Hall–Kier alpha value is -6.52. The third-order valence-corrected chi connectivity index (χ3v) is 13.0. The van der Waals surface area contributed by atoms with Gasteiger partial charge in [-0.05, 0) is 84.2 Å². The predicted octanol–water partition coefficient (Wildman–Crippen LogP) is 10.0. The molecule has 2 fully saturated rings. The first-order valence-corrected chi connectivity index (χ1v) is 21.5. The Morgan fingerprint density at radius 2 is 1.66 bits per heavy atom. The number of hydrogen-bond acceptors (Lipinski definition) is 9. The van der Waals surface area contributed by atoms with Crippen LogP contribution in [0.15, 0.2) is 121 Å². The van der Waals surface area contributed by atoms with Crippen molar-refractivity contribution in [2.24, 2.45) is 11.7 Å². The lowest BCUT2D eigenvalue weighted by Crippen LogP contribution is -2.37. The molecule has 0 spiro atoms. The number of ether oxygens (including phenoxy) is 5. The standard InChI is InChI=1S/C52H53N3O7/c1-33(2)49(56)60-27-22-34-12-11-24-55(44(34)32-61-50(53)57)43-30-40-41(31-45(43)58-5)48-39(47-46(40)38-15-9-10-16-42(38)51(47,3)4)21-23-52(62-48,35-13-7-6-8-14-35)36-17-19-37(20-18-36)54-25-28-59-29-26-54/h6-10,13-21,23,30-32,34H,1,11-12,22,24-29H2,2-5H3,(H2,53,57). The van der Waals surface area contributed by atoms with Crippen LogP contribution in [0.5, 0.6) is 11.5 Å².